The number of aromatic amines is 1. The lowest BCUT2D eigenvalue weighted by Crippen LogP contribution is -2.35. The molecule has 1 aliphatic heterocycles. The second-order valence-electron chi connectivity index (χ2n) is 4.46. The van der Waals surface area contributed by atoms with Crippen LogP contribution in [0.25, 0.3) is 0 Å². The number of carbonyl (C=O) groups excluding carboxylic acids is 2. The van der Waals surface area contributed by atoms with Gasteiger partial charge in [0.25, 0.3) is 11.8 Å². The maximum absolute atomic E-state index is 11.9. The fraction of sp³-hybridized carbons (Fsp3) is 0.143. The van der Waals surface area contributed by atoms with E-state index in [0.29, 0.717) is 22.8 Å². The zero-order valence-electron chi connectivity index (χ0n) is 10.8. The van der Waals surface area contributed by atoms with Gasteiger partial charge in [0.15, 0.2) is 6.61 Å². The fourth-order valence-electron chi connectivity index (χ4n) is 2.03. The minimum atomic E-state index is -0.227. The van der Waals surface area contributed by atoms with Crippen LogP contribution in [0.3, 0.4) is 0 Å². The summed E-state index contributed by atoms with van der Waals surface area (Å²) in [4.78, 5) is 27.8. The molecule has 6 heteroatoms. The van der Waals surface area contributed by atoms with Crippen molar-refractivity contribution in [2.75, 3.05) is 23.9 Å². The van der Waals surface area contributed by atoms with E-state index in [4.69, 9.17) is 4.74 Å². The number of ether oxygens (including phenoxy) is 1. The molecule has 2 N–H and O–H groups in total. The maximum atomic E-state index is 11.9. The number of H-pyrrole nitrogens is 1. The molecular formula is C14H13N3O3. The molecule has 2 amide bonds. The third kappa shape index (κ3) is 2.11. The summed E-state index contributed by atoms with van der Waals surface area (Å²) >= 11 is 0. The van der Waals surface area contributed by atoms with Gasteiger partial charge in [-0.25, -0.2) is 0 Å². The van der Waals surface area contributed by atoms with E-state index >= 15 is 0 Å². The Hall–Kier alpha value is -2.76. The van der Waals surface area contributed by atoms with Gasteiger partial charge in [-0.1, -0.05) is 0 Å². The molecule has 6 nitrogen and oxygen atoms in total. The second kappa shape index (κ2) is 4.73. The van der Waals surface area contributed by atoms with E-state index in [1.807, 2.05) is 0 Å². The van der Waals surface area contributed by atoms with Crippen molar-refractivity contribution in [2.45, 2.75) is 0 Å². The van der Waals surface area contributed by atoms with Crippen molar-refractivity contribution in [3.05, 3.63) is 42.2 Å². The van der Waals surface area contributed by atoms with Crippen molar-refractivity contribution in [3.8, 4) is 5.75 Å². The molecule has 1 aliphatic rings. The highest BCUT2D eigenvalue weighted by Gasteiger charge is 2.22. The summed E-state index contributed by atoms with van der Waals surface area (Å²) in [5.74, 6) is 0.257. The molecule has 0 fully saturated rings. The van der Waals surface area contributed by atoms with Crippen LogP contribution < -0.4 is 15.0 Å². The Labute approximate surface area is 115 Å². The Bertz CT molecular complexity index is 664. The van der Waals surface area contributed by atoms with E-state index in [9.17, 15) is 9.59 Å². The Morgan fingerprint density at radius 2 is 2.25 bits per heavy atom. The topological polar surface area (TPSA) is 74.4 Å². The Morgan fingerprint density at radius 1 is 1.40 bits per heavy atom. The minimum absolute atomic E-state index is 0.0114. The van der Waals surface area contributed by atoms with E-state index < -0.39 is 0 Å². The van der Waals surface area contributed by atoms with Gasteiger partial charge in [0, 0.05) is 25.0 Å². The summed E-state index contributed by atoms with van der Waals surface area (Å²) < 4.78 is 5.37. The zero-order chi connectivity index (χ0) is 14.1. The number of hydrogen-bond acceptors (Lipinski definition) is 3. The summed E-state index contributed by atoms with van der Waals surface area (Å²) in [6.07, 6.45) is 1.69. The molecule has 0 bridgehead atoms. The predicted molar refractivity (Wildman–Crippen MR) is 74.1 cm³/mol. The van der Waals surface area contributed by atoms with Gasteiger partial charge < -0.3 is 19.9 Å². The molecule has 1 aromatic heterocycles. The number of likely N-dealkylation sites (N-methyl/N-ethyl adjacent to an activating group) is 1. The van der Waals surface area contributed by atoms with Crippen LogP contribution in [-0.4, -0.2) is 30.5 Å². The molecule has 0 saturated heterocycles. The van der Waals surface area contributed by atoms with Crippen molar-refractivity contribution in [3.63, 3.8) is 0 Å². The summed E-state index contributed by atoms with van der Waals surface area (Å²) in [7, 11) is 1.70. The van der Waals surface area contributed by atoms with E-state index in [-0.39, 0.29) is 18.4 Å². The first-order valence-electron chi connectivity index (χ1n) is 6.13. The number of aromatic nitrogens is 1. The van der Waals surface area contributed by atoms with Gasteiger partial charge in [-0.2, -0.15) is 0 Å². The van der Waals surface area contributed by atoms with Gasteiger partial charge in [0.2, 0.25) is 0 Å². The van der Waals surface area contributed by atoms with Crippen LogP contribution in [-0.2, 0) is 4.79 Å². The molecule has 2 aromatic rings. The Balaban J connectivity index is 1.83. The van der Waals surface area contributed by atoms with Gasteiger partial charge >= 0.3 is 0 Å². The summed E-state index contributed by atoms with van der Waals surface area (Å²) in [5, 5.41) is 2.77. The van der Waals surface area contributed by atoms with Crippen LogP contribution in [0.1, 0.15) is 10.5 Å². The molecule has 0 saturated carbocycles. The summed E-state index contributed by atoms with van der Waals surface area (Å²) in [6, 6.07) is 8.64. The van der Waals surface area contributed by atoms with Crippen LogP contribution >= 0.6 is 0 Å². The number of benzene rings is 1. The number of nitrogens with zero attached hydrogens (tertiary/aromatic N) is 1. The number of anilines is 2. The first kappa shape index (κ1) is 12.3. The molecule has 2 heterocycles. The molecule has 0 atom stereocenters. The molecule has 0 unspecified atom stereocenters. The fourth-order valence-corrected chi connectivity index (χ4v) is 2.03. The van der Waals surface area contributed by atoms with Gasteiger partial charge in [-0.3, -0.25) is 9.59 Å². The van der Waals surface area contributed by atoms with Crippen molar-refractivity contribution in [1.29, 1.82) is 0 Å². The lowest BCUT2D eigenvalue weighted by Gasteiger charge is -2.26. The first-order valence-corrected chi connectivity index (χ1v) is 6.13. The molecule has 0 radical (unpaired) electrons. The molecule has 0 aliphatic carbocycles. The predicted octanol–water partition coefficient (Wildman–Crippen LogP) is 1.62. The smallest absolute Gasteiger partial charge is 0.272 e. The largest absolute Gasteiger partial charge is 0.481 e. The maximum Gasteiger partial charge on any atom is 0.272 e. The lowest BCUT2D eigenvalue weighted by atomic mass is 10.2. The van der Waals surface area contributed by atoms with Crippen molar-refractivity contribution in [1.82, 2.24) is 4.98 Å². The Kier molecular flexibility index (Phi) is 2.90. The average Bonchev–Trinajstić information content (AvgIpc) is 2.97. The standard InChI is InChI=1S/C14H13N3O3/c1-17-11-5-4-9(7-12(11)20-8-13(17)18)16-14(19)10-3-2-6-15-10/h2-7,15H,8H2,1H3,(H,16,19). The molecule has 1 aromatic carbocycles. The number of carbonyl (C=O) groups is 2. The van der Waals surface area contributed by atoms with E-state index in [2.05, 4.69) is 10.3 Å². The molecule has 102 valence electrons. The number of rotatable bonds is 2. The molecule has 3 rings (SSSR count). The SMILES string of the molecule is CN1C(=O)COc2cc(NC(=O)c3ccc[nH]3)ccc21. The van der Waals surface area contributed by atoms with Gasteiger partial charge in [0.05, 0.1) is 5.69 Å². The second-order valence-corrected chi connectivity index (χ2v) is 4.46. The van der Waals surface area contributed by atoms with E-state index in [0.717, 1.165) is 0 Å². The summed E-state index contributed by atoms with van der Waals surface area (Å²) in [6.45, 7) is 0.0114. The van der Waals surface area contributed by atoms with Crippen LogP contribution in [0.15, 0.2) is 36.5 Å². The van der Waals surface area contributed by atoms with E-state index in [1.54, 1.807) is 43.6 Å². The zero-order valence-corrected chi connectivity index (χ0v) is 10.8. The number of hydrogen-bond donors (Lipinski definition) is 2. The summed E-state index contributed by atoms with van der Waals surface area (Å²) in [5.41, 5.74) is 1.79. The highest BCUT2D eigenvalue weighted by molar-refractivity contribution is 6.03. The Morgan fingerprint density at radius 3 is 3.00 bits per heavy atom. The minimum Gasteiger partial charge on any atom is -0.481 e. The van der Waals surface area contributed by atoms with Crippen LogP contribution in [0.5, 0.6) is 5.75 Å². The third-order valence-electron chi connectivity index (χ3n) is 3.15. The normalized spacial score (nSPS) is 13.7. The van der Waals surface area contributed by atoms with Crippen LogP contribution in [0.2, 0.25) is 0 Å². The monoisotopic (exact) mass is 271 g/mol. The number of fused-ring (bicyclic) bond motifs is 1. The lowest BCUT2D eigenvalue weighted by molar-refractivity contribution is -0.120. The van der Waals surface area contributed by atoms with Crippen LogP contribution in [0, 0.1) is 0 Å². The molecular weight excluding hydrogens is 258 g/mol. The quantitative estimate of drug-likeness (QED) is 0.871. The average molecular weight is 271 g/mol. The highest BCUT2D eigenvalue weighted by atomic mass is 16.5. The van der Waals surface area contributed by atoms with Crippen molar-refractivity contribution < 1.29 is 14.3 Å². The van der Waals surface area contributed by atoms with Crippen LogP contribution in [0.4, 0.5) is 11.4 Å². The first-order chi connectivity index (χ1) is 9.65. The number of amides is 2. The number of nitrogens with one attached hydrogen (secondary N) is 2. The van der Waals surface area contributed by atoms with Gasteiger partial charge in [-0.05, 0) is 24.3 Å². The van der Waals surface area contributed by atoms with Crippen molar-refractivity contribution in [2.24, 2.45) is 0 Å². The van der Waals surface area contributed by atoms with Crippen molar-refractivity contribution >= 4 is 23.2 Å². The molecule has 0 spiro atoms. The van der Waals surface area contributed by atoms with Gasteiger partial charge in [0.1, 0.15) is 11.4 Å². The molecule has 20 heavy (non-hydrogen) atoms. The van der Waals surface area contributed by atoms with Gasteiger partial charge in [-0.15, -0.1) is 0 Å². The van der Waals surface area contributed by atoms with E-state index in [1.165, 1.54) is 4.90 Å². The third-order valence-corrected chi connectivity index (χ3v) is 3.15. The highest BCUT2D eigenvalue weighted by Crippen LogP contribution is 2.33.